The van der Waals surface area contributed by atoms with E-state index in [1.54, 1.807) is 11.4 Å². The molecule has 1 aliphatic rings. The van der Waals surface area contributed by atoms with Gasteiger partial charge in [0.05, 0.1) is 11.0 Å². The molecule has 0 radical (unpaired) electrons. The van der Waals surface area contributed by atoms with Gasteiger partial charge in [-0.3, -0.25) is 0 Å². The second-order valence-electron chi connectivity index (χ2n) is 3.89. The summed E-state index contributed by atoms with van der Waals surface area (Å²) in [5.41, 5.74) is 5.57. The van der Waals surface area contributed by atoms with Crippen LogP contribution in [0.5, 0.6) is 0 Å². The molecule has 1 atom stereocenters. The first kappa shape index (κ1) is 13.4. The van der Waals surface area contributed by atoms with Gasteiger partial charge in [0.25, 0.3) is 10.0 Å². The first-order chi connectivity index (χ1) is 7.92. The number of sulfonamides is 1. The first-order valence-corrected chi connectivity index (χ1v) is 8.53. The van der Waals surface area contributed by atoms with Crippen molar-refractivity contribution in [2.24, 2.45) is 11.7 Å². The van der Waals surface area contributed by atoms with E-state index in [9.17, 15) is 8.42 Å². The van der Waals surface area contributed by atoms with Crippen LogP contribution in [0.4, 0.5) is 0 Å². The summed E-state index contributed by atoms with van der Waals surface area (Å²) >= 11 is 9.28. The summed E-state index contributed by atoms with van der Waals surface area (Å²) in [6.45, 7) is 0. The summed E-state index contributed by atoms with van der Waals surface area (Å²) in [6, 6.07) is 1.27. The Hall–Kier alpha value is -0.0200. The largest absolute Gasteiger partial charge is 0.392 e. The van der Waals surface area contributed by atoms with Crippen LogP contribution in [-0.2, 0) is 10.0 Å². The van der Waals surface area contributed by atoms with Crippen LogP contribution in [0.1, 0.15) is 12.8 Å². The van der Waals surface area contributed by atoms with E-state index < -0.39 is 16.1 Å². The van der Waals surface area contributed by atoms with E-state index in [-0.39, 0.29) is 15.1 Å². The number of nitrogens with one attached hydrogen (secondary N) is 1. The number of halogens is 1. The number of hydrogen-bond acceptors (Lipinski definition) is 4. The van der Waals surface area contributed by atoms with Crippen molar-refractivity contribution in [1.82, 2.24) is 4.72 Å². The molecule has 1 aliphatic carbocycles. The lowest BCUT2D eigenvalue weighted by molar-refractivity contribution is 0.566. The van der Waals surface area contributed by atoms with Crippen LogP contribution in [0.15, 0.2) is 20.1 Å². The Morgan fingerprint density at radius 2 is 2.29 bits per heavy atom. The van der Waals surface area contributed by atoms with Gasteiger partial charge < -0.3 is 5.73 Å². The summed E-state index contributed by atoms with van der Waals surface area (Å²) in [7, 11) is -3.54. The third-order valence-electron chi connectivity index (χ3n) is 2.51. The number of rotatable bonds is 5. The van der Waals surface area contributed by atoms with Gasteiger partial charge in [0, 0.05) is 4.47 Å². The molecule has 0 amide bonds. The third-order valence-corrected chi connectivity index (χ3v) is 6.88. The molecule has 1 fully saturated rings. The molecule has 1 saturated carbocycles. The van der Waals surface area contributed by atoms with E-state index in [0.717, 1.165) is 24.2 Å². The molecule has 0 bridgehead atoms. The van der Waals surface area contributed by atoms with Crippen molar-refractivity contribution in [2.45, 2.75) is 23.1 Å². The fourth-order valence-corrected chi connectivity index (χ4v) is 5.47. The van der Waals surface area contributed by atoms with Crippen molar-refractivity contribution in [3.05, 3.63) is 15.9 Å². The van der Waals surface area contributed by atoms with Crippen molar-refractivity contribution in [1.29, 1.82) is 0 Å². The lowest BCUT2D eigenvalue weighted by Gasteiger charge is -2.16. The van der Waals surface area contributed by atoms with Gasteiger partial charge in [-0.1, -0.05) is 12.2 Å². The van der Waals surface area contributed by atoms with Gasteiger partial charge in [0.1, 0.15) is 4.21 Å². The van der Waals surface area contributed by atoms with Crippen molar-refractivity contribution < 1.29 is 8.42 Å². The molecule has 8 heteroatoms. The molecule has 1 heterocycles. The van der Waals surface area contributed by atoms with Crippen LogP contribution in [-0.4, -0.2) is 19.4 Å². The predicted molar refractivity (Wildman–Crippen MR) is 75.6 cm³/mol. The molecule has 0 aromatic carbocycles. The van der Waals surface area contributed by atoms with Crippen LogP contribution >= 0.6 is 39.5 Å². The van der Waals surface area contributed by atoms with Crippen LogP contribution in [0.3, 0.4) is 0 Å². The molecule has 0 saturated heterocycles. The molecule has 2 rings (SSSR count). The predicted octanol–water partition coefficient (Wildman–Crippen LogP) is 1.85. The Balaban J connectivity index is 2.22. The summed E-state index contributed by atoms with van der Waals surface area (Å²) in [5, 5.41) is 1.71. The second-order valence-corrected chi connectivity index (χ2v) is 8.05. The fraction of sp³-hybridized carbons (Fsp3) is 0.444. The highest BCUT2D eigenvalue weighted by Gasteiger charge is 2.36. The molecule has 1 aromatic rings. The summed E-state index contributed by atoms with van der Waals surface area (Å²) in [5.74, 6) is 0.251. The maximum atomic E-state index is 12.1. The Bertz CT molecular complexity index is 536. The van der Waals surface area contributed by atoms with E-state index in [1.165, 1.54) is 0 Å². The minimum Gasteiger partial charge on any atom is -0.392 e. The minimum atomic E-state index is -3.54. The van der Waals surface area contributed by atoms with Gasteiger partial charge >= 0.3 is 0 Å². The molecule has 1 aromatic heterocycles. The molecule has 4 nitrogen and oxygen atoms in total. The quantitative estimate of drug-likeness (QED) is 0.791. The Kier molecular flexibility index (Phi) is 3.89. The Labute approximate surface area is 118 Å². The maximum Gasteiger partial charge on any atom is 0.251 e. The zero-order valence-electron chi connectivity index (χ0n) is 8.72. The zero-order chi connectivity index (χ0) is 12.6. The maximum absolute atomic E-state index is 12.1. The van der Waals surface area contributed by atoms with Crippen LogP contribution in [0, 0.1) is 5.92 Å². The van der Waals surface area contributed by atoms with Gasteiger partial charge in [-0.05, 0) is 46.1 Å². The SMILES string of the molecule is NC(=S)C(NS(=O)(=O)c1sccc1Br)C1CC1. The lowest BCUT2D eigenvalue weighted by atomic mass is 10.2. The third kappa shape index (κ3) is 3.05. The highest BCUT2D eigenvalue weighted by molar-refractivity contribution is 9.10. The van der Waals surface area contributed by atoms with Crippen molar-refractivity contribution in [3.8, 4) is 0 Å². The minimum absolute atomic E-state index is 0.212. The number of nitrogens with two attached hydrogens (primary N) is 1. The van der Waals surface area contributed by atoms with Crippen LogP contribution in [0.25, 0.3) is 0 Å². The van der Waals surface area contributed by atoms with E-state index in [4.69, 9.17) is 18.0 Å². The van der Waals surface area contributed by atoms with Gasteiger partial charge in [0.2, 0.25) is 0 Å². The van der Waals surface area contributed by atoms with Crippen LogP contribution in [0.2, 0.25) is 0 Å². The molecular weight excluding hydrogens is 344 g/mol. The number of thiocarbonyl (C=S) groups is 1. The molecule has 1 unspecified atom stereocenters. The van der Waals surface area contributed by atoms with E-state index in [2.05, 4.69) is 20.7 Å². The standard InChI is InChI=1S/C9H11BrN2O2S3/c10-6-3-4-16-9(6)17(13,14)12-7(8(11)15)5-1-2-5/h3-5,7,12H,1-2H2,(H2,11,15). The molecule has 0 aliphatic heterocycles. The normalized spacial score (nSPS) is 17.9. The van der Waals surface area contributed by atoms with Crippen molar-refractivity contribution >= 4 is 54.5 Å². The van der Waals surface area contributed by atoms with E-state index in [1.807, 2.05) is 0 Å². The molecule has 0 spiro atoms. The summed E-state index contributed by atoms with van der Waals surface area (Å²) in [4.78, 5) is 0.212. The smallest absolute Gasteiger partial charge is 0.251 e. The average Bonchev–Trinajstić information content (AvgIpc) is 2.97. The molecule has 17 heavy (non-hydrogen) atoms. The Morgan fingerprint density at radius 1 is 1.65 bits per heavy atom. The number of thiophene rings is 1. The van der Waals surface area contributed by atoms with E-state index >= 15 is 0 Å². The van der Waals surface area contributed by atoms with Gasteiger partial charge in [0.15, 0.2) is 0 Å². The first-order valence-electron chi connectivity index (χ1n) is 4.96. The molecular formula is C9H11BrN2O2S3. The monoisotopic (exact) mass is 354 g/mol. The van der Waals surface area contributed by atoms with Gasteiger partial charge in [-0.15, -0.1) is 11.3 Å². The average molecular weight is 355 g/mol. The summed E-state index contributed by atoms with van der Waals surface area (Å²) < 4.78 is 27.6. The fourth-order valence-electron chi connectivity index (χ4n) is 1.51. The zero-order valence-corrected chi connectivity index (χ0v) is 12.8. The Morgan fingerprint density at radius 3 is 2.71 bits per heavy atom. The van der Waals surface area contributed by atoms with Crippen molar-refractivity contribution in [3.63, 3.8) is 0 Å². The van der Waals surface area contributed by atoms with Crippen LogP contribution < -0.4 is 10.5 Å². The highest BCUT2D eigenvalue weighted by Crippen LogP contribution is 2.34. The lowest BCUT2D eigenvalue weighted by Crippen LogP contribution is -2.44. The van der Waals surface area contributed by atoms with E-state index in [0.29, 0.717) is 4.47 Å². The molecule has 94 valence electrons. The summed E-state index contributed by atoms with van der Waals surface area (Å²) in [6.07, 6.45) is 1.94. The second kappa shape index (κ2) is 4.93. The topological polar surface area (TPSA) is 72.2 Å². The van der Waals surface area contributed by atoms with Gasteiger partial charge in [-0.2, -0.15) is 0 Å². The van der Waals surface area contributed by atoms with Gasteiger partial charge in [-0.25, -0.2) is 13.1 Å². The molecule has 3 N–H and O–H groups in total. The highest BCUT2D eigenvalue weighted by atomic mass is 79.9. The number of hydrogen-bond donors (Lipinski definition) is 2. The van der Waals surface area contributed by atoms with Crippen molar-refractivity contribution in [2.75, 3.05) is 0 Å².